The van der Waals surface area contributed by atoms with Gasteiger partial charge in [-0.1, -0.05) is 53.5 Å². The van der Waals surface area contributed by atoms with Gasteiger partial charge in [-0.2, -0.15) is 0 Å². The van der Waals surface area contributed by atoms with Crippen LogP contribution in [-0.4, -0.2) is 53.9 Å². The third kappa shape index (κ3) is 4.57. The van der Waals surface area contributed by atoms with E-state index in [1.54, 1.807) is 0 Å². The Hall–Kier alpha value is -2.24. The molecule has 0 bridgehead atoms. The predicted molar refractivity (Wildman–Crippen MR) is 127 cm³/mol. The van der Waals surface area contributed by atoms with Crippen LogP contribution in [0.25, 0.3) is 22.2 Å². The number of aromatic nitrogens is 1. The number of halogens is 1. The van der Waals surface area contributed by atoms with E-state index >= 15 is 0 Å². The Balaban J connectivity index is 1.73. The molecule has 1 saturated heterocycles. The molecular weight excluding hydrogens is 438 g/mol. The minimum Gasteiger partial charge on any atom is -0.336 e. The van der Waals surface area contributed by atoms with Gasteiger partial charge in [0.25, 0.3) is 5.91 Å². The van der Waals surface area contributed by atoms with Crippen LogP contribution in [0.1, 0.15) is 35.7 Å². The highest BCUT2D eigenvalue weighted by atomic mass is 79.9. The van der Waals surface area contributed by atoms with Gasteiger partial charge in [-0.15, -0.1) is 0 Å². The molecule has 1 amide bonds. The topological polar surface area (TPSA) is 36.4 Å². The van der Waals surface area contributed by atoms with Crippen molar-refractivity contribution >= 4 is 32.7 Å². The van der Waals surface area contributed by atoms with Crippen LogP contribution in [0.15, 0.2) is 53.0 Å². The second-order valence-electron chi connectivity index (χ2n) is 8.11. The fourth-order valence-corrected chi connectivity index (χ4v) is 4.29. The molecular formula is C25H28BrN3O. The summed E-state index contributed by atoms with van der Waals surface area (Å²) in [7, 11) is 2.10. The number of likely N-dealkylation sites (N-methyl/N-ethyl adjacent to an activating group) is 1. The number of carbonyl (C=O) groups is 1. The number of unbranched alkanes of at least 4 members (excludes halogenated alkanes) is 1. The van der Waals surface area contributed by atoms with Gasteiger partial charge in [-0.3, -0.25) is 4.79 Å². The van der Waals surface area contributed by atoms with Gasteiger partial charge in [-0.05, 0) is 49.7 Å². The molecule has 2 heterocycles. The number of benzene rings is 2. The smallest absolute Gasteiger partial charge is 0.254 e. The first-order valence-electron chi connectivity index (χ1n) is 10.7. The highest BCUT2D eigenvalue weighted by Gasteiger charge is 2.23. The highest BCUT2D eigenvalue weighted by Crippen LogP contribution is 2.28. The Morgan fingerprint density at radius 2 is 1.77 bits per heavy atom. The average molecular weight is 466 g/mol. The lowest BCUT2D eigenvalue weighted by atomic mass is 10.0. The molecule has 1 aromatic heterocycles. The minimum atomic E-state index is 0.0921. The summed E-state index contributed by atoms with van der Waals surface area (Å²) in [4.78, 5) is 22.6. The van der Waals surface area contributed by atoms with Crippen molar-refractivity contribution in [3.8, 4) is 11.3 Å². The third-order valence-corrected chi connectivity index (χ3v) is 6.35. The number of rotatable bonds is 5. The van der Waals surface area contributed by atoms with Gasteiger partial charge in [0.1, 0.15) is 0 Å². The molecule has 0 atom stereocenters. The summed E-state index contributed by atoms with van der Waals surface area (Å²) < 4.78 is 0.956. The summed E-state index contributed by atoms with van der Waals surface area (Å²) in [6, 6.07) is 16.6. The average Bonchev–Trinajstić information content (AvgIpc) is 2.77. The molecule has 4 rings (SSSR count). The molecule has 5 heteroatoms. The van der Waals surface area contributed by atoms with Crippen molar-refractivity contribution < 1.29 is 4.79 Å². The first-order chi connectivity index (χ1) is 14.5. The summed E-state index contributed by atoms with van der Waals surface area (Å²) >= 11 is 3.55. The number of nitrogens with zero attached hydrogens (tertiary/aromatic N) is 3. The second kappa shape index (κ2) is 9.27. The summed E-state index contributed by atoms with van der Waals surface area (Å²) in [6.45, 7) is 5.54. The van der Waals surface area contributed by atoms with Crippen LogP contribution in [0.5, 0.6) is 0 Å². The number of aryl methyl sites for hydroxylation is 1. The van der Waals surface area contributed by atoms with E-state index in [1.165, 1.54) is 18.4 Å². The molecule has 3 aromatic rings. The van der Waals surface area contributed by atoms with Crippen LogP contribution in [0.3, 0.4) is 0 Å². The van der Waals surface area contributed by atoms with Crippen LogP contribution in [-0.2, 0) is 6.42 Å². The van der Waals surface area contributed by atoms with E-state index in [0.29, 0.717) is 0 Å². The van der Waals surface area contributed by atoms with Crippen molar-refractivity contribution in [2.75, 3.05) is 33.2 Å². The molecule has 0 N–H and O–H groups in total. The Morgan fingerprint density at radius 1 is 1.03 bits per heavy atom. The third-order valence-electron chi connectivity index (χ3n) is 5.86. The SMILES string of the molecule is CCCCc1ccc(-c2cc(C(=O)N3CCN(C)CC3)c3cc(Br)ccc3n2)cc1. The summed E-state index contributed by atoms with van der Waals surface area (Å²) in [5.41, 5.74) is 4.83. The highest BCUT2D eigenvalue weighted by molar-refractivity contribution is 9.10. The monoisotopic (exact) mass is 465 g/mol. The molecule has 1 aliphatic heterocycles. The molecule has 30 heavy (non-hydrogen) atoms. The van der Waals surface area contributed by atoms with E-state index in [2.05, 4.69) is 59.1 Å². The molecule has 2 aromatic carbocycles. The van der Waals surface area contributed by atoms with E-state index < -0.39 is 0 Å². The first kappa shape index (κ1) is 21.0. The van der Waals surface area contributed by atoms with Crippen molar-refractivity contribution in [3.63, 3.8) is 0 Å². The zero-order chi connectivity index (χ0) is 21.1. The lowest BCUT2D eigenvalue weighted by molar-refractivity contribution is 0.0666. The quantitative estimate of drug-likeness (QED) is 0.506. The number of fused-ring (bicyclic) bond motifs is 1. The molecule has 0 spiro atoms. The predicted octanol–water partition coefficient (Wildman–Crippen LogP) is 5.39. The number of carbonyl (C=O) groups excluding carboxylic acids is 1. The van der Waals surface area contributed by atoms with Crippen molar-refractivity contribution in [1.29, 1.82) is 0 Å². The lowest BCUT2D eigenvalue weighted by Crippen LogP contribution is -2.47. The zero-order valence-corrected chi connectivity index (χ0v) is 19.3. The van der Waals surface area contributed by atoms with Gasteiger partial charge in [0.2, 0.25) is 0 Å². The Bertz CT molecular complexity index is 1040. The van der Waals surface area contributed by atoms with E-state index in [1.807, 2.05) is 29.2 Å². The molecule has 4 nitrogen and oxygen atoms in total. The van der Waals surface area contributed by atoms with Crippen LogP contribution in [0, 0.1) is 0 Å². The number of piperazine rings is 1. The van der Waals surface area contributed by atoms with Crippen LogP contribution in [0.2, 0.25) is 0 Å². The van der Waals surface area contributed by atoms with Crippen molar-refractivity contribution in [1.82, 2.24) is 14.8 Å². The lowest BCUT2D eigenvalue weighted by Gasteiger charge is -2.32. The van der Waals surface area contributed by atoms with E-state index in [4.69, 9.17) is 4.98 Å². The van der Waals surface area contributed by atoms with Crippen LogP contribution in [0.4, 0.5) is 0 Å². The van der Waals surface area contributed by atoms with E-state index in [9.17, 15) is 4.79 Å². The van der Waals surface area contributed by atoms with Gasteiger partial charge < -0.3 is 9.80 Å². The molecule has 0 saturated carbocycles. The molecule has 156 valence electrons. The normalized spacial score (nSPS) is 15.0. The van der Waals surface area contributed by atoms with Crippen LogP contribution >= 0.6 is 15.9 Å². The minimum absolute atomic E-state index is 0.0921. The summed E-state index contributed by atoms with van der Waals surface area (Å²) in [5.74, 6) is 0.0921. The van der Waals surface area contributed by atoms with Gasteiger partial charge in [-0.25, -0.2) is 4.98 Å². The maximum absolute atomic E-state index is 13.5. The molecule has 1 fully saturated rings. The van der Waals surface area contributed by atoms with E-state index in [-0.39, 0.29) is 5.91 Å². The number of pyridine rings is 1. The van der Waals surface area contributed by atoms with Crippen LogP contribution < -0.4 is 0 Å². The molecule has 1 aliphatic rings. The zero-order valence-electron chi connectivity index (χ0n) is 17.7. The summed E-state index contributed by atoms with van der Waals surface area (Å²) in [6.07, 6.45) is 3.50. The van der Waals surface area contributed by atoms with E-state index in [0.717, 1.165) is 64.8 Å². The standard InChI is InChI=1S/C25H28BrN3O/c1-3-4-5-18-6-8-19(9-7-18)24-17-22(21-16-20(26)10-11-23(21)27-24)25(30)29-14-12-28(2)13-15-29/h6-11,16-17H,3-5,12-15H2,1-2H3. The molecule has 0 radical (unpaired) electrons. The Morgan fingerprint density at radius 3 is 2.47 bits per heavy atom. The van der Waals surface area contributed by atoms with Crippen molar-refractivity contribution in [2.24, 2.45) is 0 Å². The van der Waals surface area contributed by atoms with Crippen molar-refractivity contribution in [2.45, 2.75) is 26.2 Å². The first-order valence-corrected chi connectivity index (χ1v) is 11.5. The summed E-state index contributed by atoms with van der Waals surface area (Å²) in [5, 5.41) is 0.900. The van der Waals surface area contributed by atoms with Gasteiger partial charge in [0, 0.05) is 41.6 Å². The fraction of sp³-hybridized carbons (Fsp3) is 0.360. The molecule has 0 unspecified atom stereocenters. The molecule has 0 aliphatic carbocycles. The number of amides is 1. The van der Waals surface area contributed by atoms with Gasteiger partial charge >= 0.3 is 0 Å². The fourth-order valence-electron chi connectivity index (χ4n) is 3.93. The second-order valence-corrected chi connectivity index (χ2v) is 9.03. The largest absolute Gasteiger partial charge is 0.336 e. The number of hydrogen-bond donors (Lipinski definition) is 0. The van der Waals surface area contributed by atoms with Crippen molar-refractivity contribution in [3.05, 3.63) is 64.1 Å². The van der Waals surface area contributed by atoms with Gasteiger partial charge in [0.15, 0.2) is 0 Å². The Kier molecular flexibility index (Phi) is 6.49. The maximum atomic E-state index is 13.5. The van der Waals surface area contributed by atoms with Gasteiger partial charge in [0.05, 0.1) is 16.8 Å². The number of hydrogen-bond acceptors (Lipinski definition) is 3. The Labute approximate surface area is 187 Å². The maximum Gasteiger partial charge on any atom is 0.254 e.